The summed E-state index contributed by atoms with van der Waals surface area (Å²) in [4.78, 5) is 34.4. The molecule has 0 saturated heterocycles. The average Bonchev–Trinajstić information content (AvgIpc) is 2.95. The molecule has 0 aliphatic heterocycles. The smallest absolute Gasteiger partial charge is 0.354 e. The molecule has 0 aliphatic rings. The number of aryl methyl sites for hydroxylation is 2. The highest BCUT2D eigenvalue weighted by atomic mass is 32.1. The predicted octanol–water partition coefficient (Wildman–Crippen LogP) is 1.67. The van der Waals surface area contributed by atoms with Gasteiger partial charge in [-0.05, 0) is 20.8 Å². The molecule has 0 saturated carbocycles. The summed E-state index contributed by atoms with van der Waals surface area (Å²) in [6.07, 6.45) is 1.19. The molecule has 1 unspecified atom stereocenters. The predicted molar refractivity (Wildman–Crippen MR) is 73.0 cm³/mol. The van der Waals surface area contributed by atoms with E-state index in [1.807, 2.05) is 20.8 Å². The van der Waals surface area contributed by atoms with E-state index < -0.39 is 11.9 Å². The van der Waals surface area contributed by atoms with Gasteiger partial charge in [0.1, 0.15) is 0 Å². The minimum absolute atomic E-state index is 0.122. The van der Waals surface area contributed by atoms with Crippen molar-refractivity contribution in [2.45, 2.75) is 26.8 Å². The molecule has 8 heteroatoms. The van der Waals surface area contributed by atoms with Crippen molar-refractivity contribution in [3.63, 3.8) is 0 Å². The van der Waals surface area contributed by atoms with Gasteiger partial charge in [0.15, 0.2) is 11.4 Å². The van der Waals surface area contributed by atoms with Crippen molar-refractivity contribution in [3.8, 4) is 0 Å². The van der Waals surface area contributed by atoms with Crippen molar-refractivity contribution in [2.24, 2.45) is 0 Å². The zero-order chi connectivity index (χ0) is 14.9. The van der Waals surface area contributed by atoms with Gasteiger partial charge in [0.2, 0.25) is 0 Å². The molecular formula is C12H14N4O3S. The highest BCUT2D eigenvalue weighted by Crippen LogP contribution is 2.24. The Morgan fingerprint density at radius 2 is 2.15 bits per heavy atom. The lowest BCUT2D eigenvalue weighted by atomic mass is 10.2. The maximum Gasteiger partial charge on any atom is 0.354 e. The molecule has 2 rings (SSSR count). The second-order valence-corrected chi connectivity index (χ2v) is 5.54. The van der Waals surface area contributed by atoms with Crippen molar-refractivity contribution in [1.29, 1.82) is 0 Å². The number of hydrogen-bond acceptors (Lipinski definition) is 5. The summed E-state index contributed by atoms with van der Waals surface area (Å²) in [7, 11) is 0. The van der Waals surface area contributed by atoms with E-state index in [1.165, 1.54) is 17.7 Å². The van der Waals surface area contributed by atoms with Gasteiger partial charge in [-0.1, -0.05) is 0 Å². The van der Waals surface area contributed by atoms with Crippen LogP contribution in [0.3, 0.4) is 0 Å². The first kappa shape index (κ1) is 14.2. The number of carbonyl (C=O) groups is 2. The van der Waals surface area contributed by atoms with E-state index in [9.17, 15) is 9.59 Å². The van der Waals surface area contributed by atoms with Crippen LogP contribution in [-0.2, 0) is 0 Å². The van der Waals surface area contributed by atoms with Gasteiger partial charge in [-0.25, -0.2) is 14.8 Å². The van der Waals surface area contributed by atoms with E-state index in [0.29, 0.717) is 0 Å². The van der Waals surface area contributed by atoms with Gasteiger partial charge in [0.25, 0.3) is 5.91 Å². The zero-order valence-corrected chi connectivity index (χ0v) is 12.0. The lowest BCUT2D eigenvalue weighted by molar-refractivity contribution is 0.0684. The number of thiazole rings is 1. The summed E-state index contributed by atoms with van der Waals surface area (Å²) >= 11 is 1.50. The van der Waals surface area contributed by atoms with Crippen LogP contribution in [0.4, 0.5) is 0 Å². The normalized spacial score (nSPS) is 12.2. The molecule has 0 spiro atoms. The Morgan fingerprint density at radius 1 is 1.45 bits per heavy atom. The Morgan fingerprint density at radius 3 is 2.70 bits per heavy atom. The first-order valence-electron chi connectivity index (χ1n) is 5.91. The third-order valence-corrected chi connectivity index (χ3v) is 4.00. The van der Waals surface area contributed by atoms with Gasteiger partial charge in [0, 0.05) is 4.88 Å². The van der Waals surface area contributed by atoms with Crippen molar-refractivity contribution in [3.05, 3.63) is 33.3 Å². The average molecular weight is 294 g/mol. The molecule has 3 N–H and O–H groups in total. The summed E-state index contributed by atoms with van der Waals surface area (Å²) in [6.45, 7) is 5.59. The maximum atomic E-state index is 12.1. The third-order valence-electron chi connectivity index (χ3n) is 2.75. The van der Waals surface area contributed by atoms with Crippen LogP contribution in [-0.4, -0.2) is 31.9 Å². The maximum absolute atomic E-state index is 12.1. The number of nitrogens with zero attached hydrogens (tertiary/aromatic N) is 2. The van der Waals surface area contributed by atoms with Gasteiger partial charge >= 0.3 is 5.97 Å². The van der Waals surface area contributed by atoms with Crippen LogP contribution < -0.4 is 5.32 Å². The lowest BCUT2D eigenvalue weighted by Crippen LogP contribution is -2.28. The number of carboxylic acid groups (broad SMARTS) is 1. The molecule has 106 valence electrons. The highest BCUT2D eigenvalue weighted by Gasteiger charge is 2.22. The molecule has 2 aromatic heterocycles. The fourth-order valence-corrected chi connectivity index (χ4v) is 2.84. The zero-order valence-electron chi connectivity index (χ0n) is 11.2. The van der Waals surface area contributed by atoms with E-state index in [-0.39, 0.29) is 17.4 Å². The summed E-state index contributed by atoms with van der Waals surface area (Å²) in [5.41, 5.74) is 0.524. The fourth-order valence-electron chi connectivity index (χ4n) is 1.91. The van der Waals surface area contributed by atoms with Crippen LogP contribution in [0.15, 0.2) is 6.33 Å². The molecule has 0 bridgehead atoms. The number of carboxylic acids is 1. The lowest BCUT2D eigenvalue weighted by Gasteiger charge is -2.12. The van der Waals surface area contributed by atoms with E-state index in [2.05, 4.69) is 20.3 Å². The summed E-state index contributed by atoms with van der Waals surface area (Å²) in [5, 5.41) is 12.6. The van der Waals surface area contributed by atoms with Crippen LogP contribution in [0.5, 0.6) is 0 Å². The van der Waals surface area contributed by atoms with Gasteiger partial charge in [-0.3, -0.25) is 4.79 Å². The number of hydrogen-bond donors (Lipinski definition) is 3. The molecular weight excluding hydrogens is 280 g/mol. The molecule has 1 atom stereocenters. The second kappa shape index (κ2) is 5.41. The Balaban J connectivity index is 2.17. The Bertz CT molecular complexity index is 661. The minimum Gasteiger partial charge on any atom is -0.477 e. The van der Waals surface area contributed by atoms with Crippen molar-refractivity contribution in [1.82, 2.24) is 20.3 Å². The SMILES string of the molecule is Cc1nc(C)c(C(C)NC(=O)c2nc[nH]c2C(=O)O)s1. The Hall–Kier alpha value is -2.22. The largest absolute Gasteiger partial charge is 0.477 e. The number of amides is 1. The van der Waals surface area contributed by atoms with Crippen LogP contribution in [0, 0.1) is 13.8 Å². The highest BCUT2D eigenvalue weighted by molar-refractivity contribution is 7.11. The van der Waals surface area contributed by atoms with Gasteiger partial charge in [0.05, 0.1) is 23.1 Å². The fraction of sp³-hybridized carbons (Fsp3) is 0.333. The molecule has 2 aromatic rings. The Kier molecular flexibility index (Phi) is 3.84. The third kappa shape index (κ3) is 2.69. The molecule has 2 heterocycles. The van der Waals surface area contributed by atoms with Crippen molar-refractivity contribution >= 4 is 23.2 Å². The number of imidazole rings is 1. The summed E-state index contributed by atoms with van der Waals surface area (Å²) in [6, 6.07) is -0.257. The minimum atomic E-state index is -1.22. The summed E-state index contributed by atoms with van der Waals surface area (Å²) in [5.74, 6) is -1.74. The van der Waals surface area contributed by atoms with Gasteiger partial charge in [-0.2, -0.15) is 0 Å². The number of aromatic nitrogens is 3. The monoisotopic (exact) mass is 294 g/mol. The molecule has 20 heavy (non-hydrogen) atoms. The van der Waals surface area contributed by atoms with Crippen molar-refractivity contribution < 1.29 is 14.7 Å². The molecule has 0 aromatic carbocycles. The topological polar surface area (TPSA) is 108 Å². The van der Waals surface area contributed by atoms with E-state index in [4.69, 9.17) is 5.11 Å². The number of carbonyl (C=O) groups excluding carboxylic acids is 1. The van der Waals surface area contributed by atoms with Crippen LogP contribution in [0.1, 0.15) is 49.5 Å². The van der Waals surface area contributed by atoms with E-state index in [0.717, 1.165) is 15.6 Å². The van der Waals surface area contributed by atoms with Crippen LogP contribution in [0.25, 0.3) is 0 Å². The summed E-state index contributed by atoms with van der Waals surface area (Å²) < 4.78 is 0. The number of rotatable bonds is 4. The molecule has 0 fully saturated rings. The first-order valence-corrected chi connectivity index (χ1v) is 6.73. The second-order valence-electron chi connectivity index (χ2n) is 4.31. The van der Waals surface area contributed by atoms with E-state index in [1.54, 1.807) is 0 Å². The molecule has 0 radical (unpaired) electrons. The number of nitrogens with one attached hydrogen (secondary N) is 2. The van der Waals surface area contributed by atoms with Crippen LogP contribution >= 0.6 is 11.3 Å². The number of aromatic amines is 1. The number of aromatic carboxylic acids is 1. The quantitative estimate of drug-likeness (QED) is 0.795. The Labute approximate surface area is 119 Å². The first-order chi connectivity index (χ1) is 9.40. The molecule has 7 nitrogen and oxygen atoms in total. The van der Waals surface area contributed by atoms with Crippen molar-refractivity contribution in [2.75, 3.05) is 0 Å². The van der Waals surface area contributed by atoms with E-state index >= 15 is 0 Å². The molecule has 0 aliphatic carbocycles. The standard InChI is InChI=1S/C12H14N4O3S/c1-5-10(20-7(3)15-5)6(2)16-11(17)8-9(12(18)19)14-4-13-8/h4,6H,1-3H3,(H,13,14)(H,16,17)(H,18,19). The van der Waals surface area contributed by atoms with Gasteiger partial charge in [-0.15, -0.1) is 11.3 Å². The van der Waals surface area contributed by atoms with Gasteiger partial charge < -0.3 is 15.4 Å². The van der Waals surface area contributed by atoms with Crippen LogP contribution in [0.2, 0.25) is 0 Å². The molecule has 1 amide bonds. The number of H-pyrrole nitrogens is 1.